The van der Waals surface area contributed by atoms with Crippen LogP contribution >= 0.6 is 23.2 Å². The fourth-order valence-corrected chi connectivity index (χ4v) is 4.00. The lowest BCUT2D eigenvalue weighted by Gasteiger charge is -2.28. The van der Waals surface area contributed by atoms with E-state index >= 15 is 0 Å². The number of benzene rings is 2. The first-order chi connectivity index (χ1) is 12.4. The summed E-state index contributed by atoms with van der Waals surface area (Å²) in [4.78, 5) is 12.7. The molecule has 0 radical (unpaired) electrons. The van der Waals surface area contributed by atoms with Gasteiger partial charge < -0.3 is 5.32 Å². The highest BCUT2D eigenvalue weighted by Crippen LogP contribution is 2.30. The Morgan fingerprint density at radius 1 is 1.07 bits per heavy atom. The van der Waals surface area contributed by atoms with Crippen LogP contribution in [-0.4, -0.2) is 32.7 Å². The van der Waals surface area contributed by atoms with E-state index in [4.69, 9.17) is 23.2 Å². The first-order valence-corrected chi connectivity index (χ1v) is 10.1. The number of carbonyl (C=O) groups excluding carboxylic acids is 1. The van der Waals surface area contributed by atoms with Gasteiger partial charge in [0.05, 0.1) is 21.0 Å². The zero-order chi connectivity index (χ0) is 20.6. The van der Waals surface area contributed by atoms with E-state index in [-0.39, 0.29) is 20.5 Å². The zero-order valence-corrected chi connectivity index (χ0v) is 17.5. The average molecular weight is 433 g/mol. The minimum Gasteiger partial charge on any atom is -0.343 e. The Morgan fingerprint density at radius 3 is 2.26 bits per heavy atom. The van der Waals surface area contributed by atoms with Gasteiger partial charge in [0.25, 0.3) is 5.91 Å². The Labute approximate surface area is 168 Å². The molecule has 0 aliphatic heterocycles. The number of nitrogens with zero attached hydrogens (tertiary/aromatic N) is 1. The van der Waals surface area contributed by atoms with Gasteiger partial charge in [0.15, 0.2) is 0 Å². The Balaban J connectivity index is 2.40. The number of nitrogens with one attached hydrogen (secondary N) is 1. The molecule has 0 bridgehead atoms. The number of sulfonamides is 1. The molecule has 0 fully saturated rings. The standard InChI is InChI=1S/C18H19Cl2FN2O3S/c1-18(2,14-7-5-11(21)9-16(14)20)22-17(24)13-10-12(6-8-15(13)19)27(25,26)23(3)4/h5-10H,1-4H3,(H,22,24). The number of carbonyl (C=O) groups is 1. The minimum absolute atomic E-state index is 0.00546. The second-order valence-electron chi connectivity index (χ2n) is 6.63. The number of hydrogen-bond donors (Lipinski definition) is 1. The van der Waals surface area contributed by atoms with E-state index < -0.39 is 27.3 Å². The lowest BCUT2D eigenvalue weighted by atomic mass is 9.93. The summed E-state index contributed by atoms with van der Waals surface area (Å²) in [5.74, 6) is -1.07. The topological polar surface area (TPSA) is 66.5 Å². The van der Waals surface area contributed by atoms with Crippen molar-refractivity contribution in [1.29, 1.82) is 0 Å². The molecule has 146 valence electrons. The molecule has 0 aliphatic carbocycles. The number of halogens is 3. The van der Waals surface area contributed by atoms with Crippen molar-refractivity contribution in [1.82, 2.24) is 9.62 Å². The molecule has 27 heavy (non-hydrogen) atoms. The summed E-state index contributed by atoms with van der Waals surface area (Å²) < 4.78 is 38.9. The SMILES string of the molecule is CN(C)S(=O)(=O)c1ccc(Cl)c(C(=O)NC(C)(C)c2ccc(F)cc2Cl)c1. The van der Waals surface area contributed by atoms with E-state index in [0.29, 0.717) is 5.56 Å². The summed E-state index contributed by atoms with van der Waals surface area (Å²) >= 11 is 12.2. The fourth-order valence-electron chi connectivity index (χ4n) is 2.46. The summed E-state index contributed by atoms with van der Waals surface area (Å²) in [6, 6.07) is 7.78. The van der Waals surface area contributed by atoms with Crippen molar-refractivity contribution in [3.63, 3.8) is 0 Å². The third-order valence-corrected chi connectivity index (χ3v) is 6.44. The monoisotopic (exact) mass is 432 g/mol. The highest BCUT2D eigenvalue weighted by Gasteiger charge is 2.28. The van der Waals surface area contributed by atoms with Gasteiger partial charge in [-0.2, -0.15) is 0 Å². The van der Waals surface area contributed by atoms with Gasteiger partial charge in [-0.15, -0.1) is 0 Å². The predicted molar refractivity (Wildman–Crippen MR) is 104 cm³/mol. The molecule has 0 aromatic heterocycles. The smallest absolute Gasteiger partial charge is 0.253 e. The molecule has 0 spiro atoms. The van der Waals surface area contributed by atoms with E-state index in [1.54, 1.807) is 13.8 Å². The van der Waals surface area contributed by atoms with Crippen LogP contribution in [0.15, 0.2) is 41.3 Å². The van der Waals surface area contributed by atoms with Crippen molar-refractivity contribution >= 4 is 39.1 Å². The molecule has 0 heterocycles. The Hall–Kier alpha value is -1.67. The number of rotatable bonds is 5. The van der Waals surface area contributed by atoms with Crippen LogP contribution in [0.3, 0.4) is 0 Å². The van der Waals surface area contributed by atoms with Crippen LogP contribution in [0, 0.1) is 5.82 Å². The van der Waals surface area contributed by atoms with Gasteiger partial charge in [-0.1, -0.05) is 29.3 Å². The van der Waals surface area contributed by atoms with Crippen LogP contribution in [0.25, 0.3) is 0 Å². The third kappa shape index (κ3) is 4.60. The van der Waals surface area contributed by atoms with Crippen molar-refractivity contribution in [3.05, 3.63) is 63.4 Å². The Bertz CT molecular complexity index is 992. The molecular formula is C18H19Cl2FN2O3S. The fraction of sp³-hybridized carbons (Fsp3) is 0.278. The van der Waals surface area contributed by atoms with Crippen molar-refractivity contribution in [2.45, 2.75) is 24.3 Å². The van der Waals surface area contributed by atoms with Crippen LogP contribution in [-0.2, 0) is 15.6 Å². The van der Waals surface area contributed by atoms with Crippen LogP contribution in [0.2, 0.25) is 10.0 Å². The summed E-state index contributed by atoms with van der Waals surface area (Å²) in [6.07, 6.45) is 0. The molecule has 0 saturated heterocycles. The Morgan fingerprint density at radius 2 is 1.70 bits per heavy atom. The van der Waals surface area contributed by atoms with Gasteiger partial charge in [0, 0.05) is 19.1 Å². The van der Waals surface area contributed by atoms with Gasteiger partial charge in [0.2, 0.25) is 10.0 Å². The van der Waals surface area contributed by atoms with Crippen LogP contribution in [0.5, 0.6) is 0 Å². The quantitative estimate of drug-likeness (QED) is 0.774. The van der Waals surface area contributed by atoms with Gasteiger partial charge in [-0.05, 0) is 49.7 Å². The molecule has 1 N–H and O–H groups in total. The lowest BCUT2D eigenvalue weighted by Crippen LogP contribution is -2.41. The van der Waals surface area contributed by atoms with Crippen LogP contribution < -0.4 is 5.32 Å². The lowest BCUT2D eigenvalue weighted by molar-refractivity contribution is 0.0912. The second kappa shape index (κ2) is 7.75. The van der Waals surface area contributed by atoms with E-state index in [2.05, 4.69) is 5.32 Å². The largest absolute Gasteiger partial charge is 0.343 e. The first-order valence-electron chi connectivity index (χ1n) is 7.86. The van der Waals surface area contributed by atoms with E-state index in [1.165, 1.54) is 44.4 Å². The maximum atomic E-state index is 13.3. The van der Waals surface area contributed by atoms with E-state index in [1.807, 2.05) is 0 Å². The van der Waals surface area contributed by atoms with E-state index in [9.17, 15) is 17.6 Å². The molecule has 9 heteroatoms. The van der Waals surface area contributed by atoms with Gasteiger partial charge in [-0.3, -0.25) is 4.79 Å². The molecule has 2 rings (SSSR count). The summed E-state index contributed by atoms with van der Waals surface area (Å²) in [5, 5.41) is 3.02. The normalized spacial score (nSPS) is 12.3. The van der Waals surface area contributed by atoms with Gasteiger partial charge in [0.1, 0.15) is 5.82 Å². The maximum Gasteiger partial charge on any atom is 0.253 e. The molecule has 2 aromatic carbocycles. The van der Waals surface area contributed by atoms with E-state index in [0.717, 1.165) is 10.4 Å². The second-order valence-corrected chi connectivity index (χ2v) is 9.60. The number of amides is 1. The molecule has 0 atom stereocenters. The van der Waals surface area contributed by atoms with Crippen molar-refractivity contribution < 1.29 is 17.6 Å². The molecule has 0 aliphatic rings. The van der Waals surface area contributed by atoms with Gasteiger partial charge >= 0.3 is 0 Å². The van der Waals surface area contributed by atoms with Crippen molar-refractivity contribution in [3.8, 4) is 0 Å². The molecular weight excluding hydrogens is 414 g/mol. The van der Waals surface area contributed by atoms with Crippen molar-refractivity contribution in [2.75, 3.05) is 14.1 Å². The highest BCUT2D eigenvalue weighted by atomic mass is 35.5. The first kappa shape index (κ1) is 21.6. The van der Waals surface area contributed by atoms with Crippen LogP contribution in [0.1, 0.15) is 29.8 Å². The highest BCUT2D eigenvalue weighted by molar-refractivity contribution is 7.89. The molecule has 5 nitrogen and oxygen atoms in total. The molecule has 2 aromatic rings. The maximum absolute atomic E-state index is 13.3. The molecule has 0 unspecified atom stereocenters. The average Bonchev–Trinajstić information content (AvgIpc) is 2.53. The zero-order valence-electron chi connectivity index (χ0n) is 15.2. The molecule has 1 amide bonds. The van der Waals surface area contributed by atoms with Gasteiger partial charge in [-0.25, -0.2) is 17.1 Å². The summed E-state index contributed by atoms with van der Waals surface area (Å²) in [5.41, 5.74) is -0.445. The van der Waals surface area contributed by atoms with Crippen molar-refractivity contribution in [2.24, 2.45) is 0 Å². The third-order valence-electron chi connectivity index (χ3n) is 3.99. The minimum atomic E-state index is -3.73. The van der Waals surface area contributed by atoms with Crippen LogP contribution in [0.4, 0.5) is 4.39 Å². The predicted octanol–water partition coefficient (Wildman–Crippen LogP) is 4.05. The summed E-state index contributed by atoms with van der Waals surface area (Å²) in [7, 11) is -0.941. The molecule has 0 saturated carbocycles. The summed E-state index contributed by atoms with van der Waals surface area (Å²) in [6.45, 7) is 3.39. The number of hydrogen-bond acceptors (Lipinski definition) is 3. The Kier molecular flexibility index (Phi) is 6.21.